The summed E-state index contributed by atoms with van der Waals surface area (Å²) in [5.74, 6) is -1.44. The standard InChI is InChI=1S/C13H22O8/c1-3-5-11(18)21-13(12(19)8(16)6-14)9(7-15)20-10(17)4-2/h7-9,12-14,16,19H,3-6H2,1-2H3/t8-,9+,12-,13-/m1/s1. The molecular formula is C13H22O8. The van der Waals surface area contributed by atoms with Crippen LogP contribution in [0.2, 0.25) is 0 Å². The predicted octanol–water partition coefficient (Wildman–Crippen LogP) is -1.07. The lowest BCUT2D eigenvalue weighted by molar-refractivity contribution is -0.184. The first-order chi connectivity index (χ1) is 9.90. The fourth-order valence-electron chi connectivity index (χ4n) is 1.48. The predicted molar refractivity (Wildman–Crippen MR) is 70.1 cm³/mol. The van der Waals surface area contributed by atoms with E-state index in [0.29, 0.717) is 6.42 Å². The summed E-state index contributed by atoms with van der Waals surface area (Å²) < 4.78 is 9.67. The van der Waals surface area contributed by atoms with Gasteiger partial charge in [-0.05, 0) is 6.42 Å². The molecule has 0 aliphatic carbocycles. The van der Waals surface area contributed by atoms with Crippen molar-refractivity contribution >= 4 is 18.2 Å². The molecule has 0 unspecified atom stereocenters. The van der Waals surface area contributed by atoms with Crippen LogP contribution in [0, 0.1) is 0 Å². The molecule has 21 heavy (non-hydrogen) atoms. The van der Waals surface area contributed by atoms with Crippen molar-refractivity contribution in [1.29, 1.82) is 0 Å². The van der Waals surface area contributed by atoms with E-state index in [-0.39, 0.29) is 19.1 Å². The molecule has 0 amide bonds. The zero-order valence-electron chi connectivity index (χ0n) is 12.1. The van der Waals surface area contributed by atoms with Crippen molar-refractivity contribution in [2.75, 3.05) is 6.61 Å². The Morgan fingerprint density at radius 2 is 1.76 bits per heavy atom. The molecule has 0 fully saturated rings. The van der Waals surface area contributed by atoms with Crippen LogP contribution in [-0.2, 0) is 23.9 Å². The van der Waals surface area contributed by atoms with Gasteiger partial charge in [-0.25, -0.2) is 0 Å². The third-order valence-corrected chi connectivity index (χ3v) is 2.65. The first-order valence-electron chi connectivity index (χ1n) is 6.72. The summed E-state index contributed by atoms with van der Waals surface area (Å²) in [4.78, 5) is 33.8. The normalized spacial score (nSPS) is 16.4. The molecule has 0 aliphatic rings. The van der Waals surface area contributed by atoms with Gasteiger partial charge in [0.05, 0.1) is 6.61 Å². The Kier molecular flexibility index (Phi) is 9.51. The van der Waals surface area contributed by atoms with Crippen LogP contribution in [-0.4, -0.2) is 64.6 Å². The van der Waals surface area contributed by atoms with Crippen LogP contribution in [0.3, 0.4) is 0 Å². The van der Waals surface area contributed by atoms with E-state index in [9.17, 15) is 24.6 Å². The Hall–Kier alpha value is -1.51. The van der Waals surface area contributed by atoms with Crippen molar-refractivity contribution in [2.45, 2.75) is 57.5 Å². The zero-order chi connectivity index (χ0) is 16.4. The van der Waals surface area contributed by atoms with E-state index in [0.717, 1.165) is 0 Å². The van der Waals surface area contributed by atoms with Crippen LogP contribution >= 0.6 is 0 Å². The number of hydrogen-bond acceptors (Lipinski definition) is 8. The fraction of sp³-hybridized carbons (Fsp3) is 0.769. The van der Waals surface area contributed by atoms with Gasteiger partial charge in [-0.15, -0.1) is 0 Å². The molecule has 0 aromatic carbocycles. The van der Waals surface area contributed by atoms with Gasteiger partial charge in [-0.3, -0.25) is 14.4 Å². The summed E-state index contributed by atoms with van der Waals surface area (Å²) >= 11 is 0. The van der Waals surface area contributed by atoms with Crippen molar-refractivity contribution < 1.29 is 39.2 Å². The Morgan fingerprint density at radius 3 is 2.19 bits per heavy atom. The van der Waals surface area contributed by atoms with Crippen LogP contribution < -0.4 is 0 Å². The number of esters is 2. The lowest BCUT2D eigenvalue weighted by atomic mass is 10.0. The third-order valence-electron chi connectivity index (χ3n) is 2.65. The summed E-state index contributed by atoms with van der Waals surface area (Å²) in [5, 5.41) is 28.1. The highest BCUT2D eigenvalue weighted by Gasteiger charge is 2.38. The summed E-state index contributed by atoms with van der Waals surface area (Å²) in [6.45, 7) is 2.42. The Morgan fingerprint density at radius 1 is 1.14 bits per heavy atom. The van der Waals surface area contributed by atoms with Crippen LogP contribution in [0.5, 0.6) is 0 Å². The van der Waals surface area contributed by atoms with Gasteiger partial charge in [-0.2, -0.15) is 0 Å². The van der Waals surface area contributed by atoms with Crippen LogP contribution in [0.15, 0.2) is 0 Å². The number of aliphatic hydroxyl groups is 3. The first kappa shape index (κ1) is 19.5. The largest absolute Gasteiger partial charge is 0.455 e. The topological polar surface area (TPSA) is 130 Å². The monoisotopic (exact) mass is 306 g/mol. The van der Waals surface area contributed by atoms with Gasteiger partial charge < -0.3 is 24.8 Å². The summed E-state index contributed by atoms with van der Waals surface area (Å²) in [7, 11) is 0. The number of rotatable bonds is 10. The van der Waals surface area contributed by atoms with E-state index in [4.69, 9.17) is 14.6 Å². The van der Waals surface area contributed by atoms with E-state index in [2.05, 4.69) is 0 Å². The van der Waals surface area contributed by atoms with E-state index in [1.165, 1.54) is 6.92 Å². The lowest BCUT2D eigenvalue weighted by Gasteiger charge is -2.29. The van der Waals surface area contributed by atoms with Gasteiger partial charge in [-0.1, -0.05) is 13.8 Å². The van der Waals surface area contributed by atoms with Crippen LogP contribution in [0.1, 0.15) is 33.1 Å². The van der Waals surface area contributed by atoms with Crippen molar-refractivity contribution in [3.05, 3.63) is 0 Å². The number of carbonyl (C=O) groups excluding carboxylic acids is 3. The molecule has 0 heterocycles. The SMILES string of the molecule is CCCC(=O)O[C@@H]([C@H](O)[C@H](O)CO)[C@H](C=O)OC(=O)CC. The summed E-state index contributed by atoms with van der Waals surface area (Å²) in [6.07, 6.45) is -5.86. The third kappa shape index (κ3) is 6.65. The lowest BCUT2D eigenvalue weighted by Crippen LogP contribution is -2.50. The molecule has 0 rings (SSSR count). The molecule has 0 aromatic rings. The number of aldehydes is 1. The second-order valence-corrected chi connectivity index (χ2v) is 4.39. The second-order valence-electron chi connectivity index (χ2n) is 4.39. The molecule has 3 N–H and O–H groups in total. The van der Waals surface area contributed by atoms with Gasteiger partial charge in [0.1, 0.15) is 12.2 Å². The minimum Gasteiger partial charge on any atom is -0.455 e. The fourth-order valence-corrected chi connectivity index (χ4v) is 1.48. The van der Waals surface area contributed by atoms with Gasteiger partial charge in [0.2, 0.25) is 0 Å². The smallest absolute Gasteiger partial charge is 0.306 e. The molecule has 0 radical (unpaired) electrons. The Balaban J connectivity index is 5.10. The molecule has 8 nitrogen and oxygen atoms in total. The van der Waals surface area contributed by atoms with Gasteiger partial charge in [0.15, 0.2) is 18.5 Å². The second kappa shape index (κ2) is 10.3. The summed E-state index contributed by atoms with van der Waals surface area (Å²) in [6, 6.07) is 0. The van der Waals surface area contributed by atoms with Crippen molar-refractivity contribution in [1.82, 2.24) is 0 Å². The average Bonchev–Trinajstić information content (AvgIpc) is 2.48. The minimum atomic E-state index is -1.77. The Labute approximate surface area is 122 Å². The van der Waals surface area contributed by atoms with Crippen molar-refractivity contribution in [3.63, 3.8) is 0 Å². The molecule has 0 saturated heterocycles. The van der Waals surface area contributed by atoms with Gasteiger partial charge in [0.25, 0.3) is 0 Å². The quantitative estimate of drug-likeness (QED) is 0.344. The number of carbonyl (C=O) groups is 3. The highest BCUT2D eigenvalue weighted by atomic mass is 16.6. The minimum absolute atomic E-state index is 0.0153. The van der Waals surface area contributed by atoms with Crippen LogP contribution in [0.4, 0.5) is 0 Å². The maximum Gasteiger partial charge on any atom is 0.306 e. The molecule has 4 atom stereocenters. The summed E-state index contributed by atoms with van der Waals surface area (Å²) in [5.41, 5.74) is 0. The number of hydrogen-bond donors (Lipinski definition) is 3. The Bertz CT molecular complexity index is 343. The molecule has 8 heteroatoms. The van der Waals surface area contributed by atoms with E-state index in [1.54, 1.807) is 6.92 Å². The molecule has 0 saturated carbocycles. The molecule has 122 valence electrons. The highest BCUT2D eigenvalue weighted by Crippen LogP contribution is 2.14. The maximum absolute atomic E-state index is 11.5. The van der Waals surface area contributed by atoms with Crippen molar-refractivity contribution in [2.24, 2.45) is 0 Å². The molecule has 0 bridgehead atoms. The van der Waals surface area contributed by atoms with Gasteiger partial charge >= 0.3 is 11.9 Å². The molecule has 0 spiro atoms. The first-order valence-corrected chi connectivity index (χ1v) is 6.72. The van der Waals surface area contributed by atoms with E-state index >= 15 is 0 Å². The number of ether oxygens (including phenoxy) is 2. The highest BCUT2D eigenvalue weighted by molar-refractivity contribution is 5.73. The zero-order valence-corrected chi connectivity index (χ0v) is 12.1. The van der Waals surface area contributed by atoms with Crippen LogP contribution in [0.25, 0.3) is 0 Å². The molecule has 0 aromatic heterocycles. The van der Waals surface area contributed by atoms with E-state index < -0.39 is 43.0 Å². The maximum atomic E-state index is 11.5. The van der Waals surface area contributed by atoms with Gasteiger partial charge in [0, 0.05) is 12.8 Å². The average molecular weight is 306 g/mol. The molecule has 0 aliphatic heterocycles. The number of aliphatic hydroxyl groups excluding tert-OH is 3. The van der Waals surface area contributed by atoms with Crippen molar-refractivity contribution in [3.8, 4) is 0 Å². The van der Waals surface area contributed by atoms with E-state index in [1.807, 2.05) is 0 Å². The molecular weight excluding hydrogens is 284 g/mol.